The number of aromatic nitrogens is 4. The van der Waals surface area contributed by atoms with Gasteiger partial charge < -0.3 is 0 Å². The number of nitrogens with zero attached hydrogens (tertiary/aromatic N) is 5. The molecule has 21 heavy (non-hydrogen) atoms. The molecule has 6 nitrogen and oxygen atoms in total. The zero-order chi connectivity index (χ0) is 14.3. The summed E-state index contributed by atoms with van der Waals surface area (Å²) in [6.45, 7) is 0. The highest BCUT2D eigenvalue weighted by Crippen LogP contribution is 2.15. The normalized spacial score (nSPS) is 10.7. The van der Waals surface area contributed by atoms with Crippen molar-refractivity contribution in [1.29, 1.82) is 0 Å². The highest BCUT2D eigenvalue weighted by molar-refractivity contribution is 5.77. The lowest BCUT2D eigenvalue weighted by atomic mass is 10.2. The fraction of sp³-hybridized carbons (Fsp3) is 0. The van der Waals surface area contributed by atoms with Crippen molar-refractivity contribution in [3.05, 3.63) is 66.6 Å². The predicted molar refractivity (Wildman–Crippen MR) is 80.7 cm³/mol. The maximum Gasteiger partial charge on any atom is 0.263 e. The summed E-state index contributed by atoms with van der Waals surface area (Å²) in [6.07, 6.45) is 4.91. The van der Waals surface area contributed by atoms with Crippen LogP contribution in [0.25, 0.3) is 11.3 Å². The van der Waals surface area contributed by atoms with Gasteiger partial charge >= 0.3 is 0 Å². The number of hydrogen-bond acceptors (Lipinski definition) is 6. The minimum absolute atomic E-state index is 0.337. The molecule has 0 saturated carbocycles. The van der Waals surface area contributed by atoms with Crippen LogP contribution in [-0.2, 0) is 0 Å². The number of pyridine rings is 1. The lowest BCUT2D eigenvalue weighted by molar-refractivity contribution is 0.966. The van der Waals surface area contributed by atoms with Crippen LogP contribution in [0.3, 0.4) is 0 Å². The van der Waals surface area contributed by atoms with Gasteiger partial charge in [0.2, 0.25) is 0 Å². The van der Waals surface area contributed by atoms with E-state index >= 15 is 0 Å². The van der Waals surface area contributed by atoms with Gasteiger partial charge in [0.15, 0.2) is 0 Å². The van der Waals surface area contributed by atoms with Crippen LogP contribution in [0.4, 0.5) is 5.95 Å². The average Bonchev–Trinajstić information content (AvgIpc) is 2.57. The van der Waals surface area contributed by atoms with Gasteiger partial charge in [-0.2, -0.15) is 10.2 Å². The SMILES string of the molecule is C(=N\Nc1nncc(-c2ccccc2)n1)/c1ccccn1. The summed E-state index contributed by atoms with van der Waals surface area (Å²) < 4.78 is 0. The Hall–Kier alpha value is -3.15. The summed E-state index contributed by atoms with van der Waals surface area (Å²) in [4.78, 5) is 8.48. The maximum atomic E-state index is 4.36. The third kappa shape index (κ3) is 3.44. The Bertz CT molecular complexity index is 727. The Balaban J connectivity index is 1.74. The van der Waals surface area contributed by atoms with E-state index in [1.165, 1.54) is 0 Å². The standard InChI is InChI=1S/C15H12N6/c1-2-6-12(7-3-1)14-11-18-21-15(19-14)20-17-10-13-8-4-5-9-16-13/h1-11H,(H,19,20,21)/b17-10+. The highest BCUT2D eigenvalue weighted by Gasteiger charge is 2.01. The van der Waals surface area contributed by atoms with Gasteiger partial charge in [0.25, 0.3) is 5.95 Å². The first-order valence-electron chi connectivity index (χ1n) is 6.37. The third-order valence-electron chi connectivity index (χ3n) is 2.68. The fourth-order valence-corrected chi connectivity index (χ4v) is 1.71. The van der Waals surface area contributed by atoms with E-state index in [1.807, 2.05) is 48.5 Å². The van der Waals surface area contributed by atoms with Crippen molar-refractivity contribution in [3.8, 4) is 11.3 Å². The number of hydrogen-bond donors (Lipinski definition) is 1. The summed E-state index contributed by atoms with van der Waals surface area (Å²) in [5.41, 5.74) is 5.21. The van der Waals surface area contributed by atoms with Gasteiger partial charge in [0.1, 0.15) is 0 Å². The summed E-state index contributed by atoms with van der Waals surface area (Å²) >= 11 is 0. The molecule has 2 heterocycles. The quantitative estimate of drug-likeness (QED) is 0.585. The van der Waals surface area contributed by atoms with E-state index in [4.69, 9.17) is 0 Å². The Morgan fingerprint density at radius 1 is 1.00 bits per heavy atom. The molecule has 0 fully saturated rings. The van der Waals surface area contributed by atoms with Crippen molar-refractivity contribution in [2.45, 2.75) is 0 Å². The number of rotatable bonds is 4. The smallest absolute Gasteiger partial charge is 0.255 e. The molecule has 0 radical (unpaired) electrons. The van der Waals surface area contributed by atoms with Gasteiger partial charge in [-0.1, -0.05) is 36.4 Å². The third-order valence-corrected chi connectivity index (χ3v) is 2.68. The Kier molecular flexibility index (Phi) is 3.88. The maximum absolute atomic E-state index is 4.36. The number of nitrogens with one attached hydrogen (secondary N) is 1. The van der Waals surface area contributed by atoms with Gasteiger partial charge in [-0.05, 0) is 12.1 Å². The topological polar surface area (TPSA) is 76.0 Å². The second-order valence-electron chi connectivity index (χ2n) is 4.16. The molecule has 0 saturated heterocycles. The van der Waals surface area contributed by atoms with E-state index in [-0.39, 0.29) is 0 Å². The van der Waals surface area contributed by atoms with E-state index in [1.54, 1.807) is 18.6 Å². The van der Waals surface area contributed by atoms with Gasteiger partial charge in [-0.15, -0.1) is 5.10 Å². The predicted octanol–water partition coefficient (Wildman–Crippen LogP) is 2.38. The number of anilines is 1. The van der Waals surface area contributed by atoms with Crippen LogP contribution in [0.1, 0.15) is 5.69 Å². The fourth-order valence-electron chi connectivity index (χ4n) is 1.71. The van der Waals surface area contributed by atoms with Crippen LogP contribution in [-0.4, -0.2) is 26.4 Å². The van der Waals surface area contributed by atoms with Crippen molar-refractivity contribution in [2.24, 2.45) is 5.10 Å². The van der Waals surface area contributed by atoms with E-state index in [2.05, 4.69) is 30.7 Å². The number of hydrazone groups is 1. The molecule has 2 aromatic heterocycles. The van der Waals surface area contributed by atoms with Crippen LogP contribution in [0, 0.1) is 0 Å². The van der Waals surface area contributed by atoms with Gasteiger partial charge in [0, 0.05) is 11.8 Å². The molecular weight excluding hydrogens is 264 g/mol. The van der Waals surface area contributed by atoms with E-state index in [0.717, 1.165) is 17.0 Å². The van der Waals surface area contributed by atoms with Crippen LogP contribution in [0.15, 0.2) is 66.0 Å². The minimum Gasteiger partial charge on any atom is -0.255 e. The second kappa shape index (κ2) is 6.33. The first kappa shape index (κ1) is 12.9. The van der Waals surface area contributed by atoms with E-state index < -0.39 is 0 Å². The molecule has 0 amide bonds. The molecule has 6 heteroatoms. The summed E-state index contributed by atoms with van der Waals surface area (Å²) in [6, 6.07) is 15.4. The Labute approximate surface area is 121 Å². The molecule has 0 aliphatic heterocycles. The van der Waals surface area contributed by atoms with Crippen molar-refractivity contribution < 1.29 is 0 Å². The van der Waals surface area contributed by atoms with Crippen LogP contribution >= 0.6 is 0 Å². The minimum atomic E-state index is 0.337. The lowest BCUT2D eigenvalue weighted by Gasteiger charge is -2.01. The first-order valence-corrected chi connectivity index (χ1v) is 6.37. The monoisotopic (exact) mass is 276 g/mol. The number of benzene rings is 1. The summed E-state index contributed by atoms with van der Waals surface area (Å²) in [5, 5.41) is 11.9. The average molecular weight is 276 g/mol. The van der Waals surface area contributed by atoms with Gasteiger partial charge in [0.05, 0.1) is 23.8 Å². The lowest BCUT2D eigenvalue weighted by Crippen LogP contribution is -2.00. The van der Waals surface area contributed by atoms with Crippen molar-refractivity contribution in [2.75, 3.05) is 5.43 Å². The molecule has 0 spiro atoms. The Morgan fingerprint density at radius 2 is 1.86 bits per heavy atom. The Morgan fingerprint density at radius 3 is 2.67 bits per heavy atom. The molecule has 0 bridgehead atoms. The van der Waals surface area contributed by atoms with E-state index in [0.29, 0.717) is 5.95 Å². The zero-order valence-electron chi connectivity index (χ0n) is 11.1. The second-order valence-corrected chi connectivity index (χ2v) is 4.16. The molecule has 102 valence electrons. The molecule has 0 atom stereocenters. The zero-order valence-corrected chi connectivity index (χ0v) is 11.1. The molecular formula is C15H12N6. The molecule has 1 N–H and O–H groups in total. The summed E-state index contributed by atoms with van der Waals surface area (Å²) in [7, 11) is 0. The highest BCUT2D eigenvalue weighted by atomic mass is 15.4. The van der Waals surface area contributed by atoms with Crippen molar-refractivity contribution in [1.82, 2.24) is 20.2 Å². The molecule has 1 aromatic carbocycles. The van der Waals surface area contributed by atoms with Gasteiger partial charge in [-0.3, -0.25) is 4.98 Å². The van der Waals surface area contributed by atoms with Gasteiger partial charge in [-0.25, -0.2) is 10.4 Å². The molecule has 0 unspecified atom stereocenters. The molecule has 0 aliphatic carbocycles. The van der Waals surface area contributed by atoms with Crippen LogP contribution in [0.2, 0.25) is 0 Å². The molecule has 3 rings (SSSR count). The van der Waals surface area contributed by atoms with Crippen molar-refractivity contribution in [3.63, 3.8) is 0 Å². The molecule has 0 aliphatic rings. The van der Waals surface area contributed by atoms with Crippen LogP contribution < -0.4 is 5.43 Å². The van der Waals surface area contributed by atoms with E-state index in [9.17, 15) is 0 Å². The van der Waals surface area contributed by atoms with Crippen LogP contribution in [0.5, 0.6) is 0 Å². The largest absolute Gasteiger partial charge is 0.263 e. The van der Waals surface area contributed by atoms with Crippen molar-refractivity contribution >= 4 is 12.2 Å². The first-order chi connectivity index (χ1) is 10.4. The summed E-state index contributed by atoms with van der Waals surface area (Å²) in [5.74, 6) is 0.337. The molecule has 3 aromatic rings.